The summed E-state index contributed by atoms with van der Waals surface area (Å²) in [5.41, 5.74) is 7.00. The van der Waals surface area contributed by atoms with Gasteiger partial charge in [0.05, 0.1) is 19.1 Å². The molecule has 1 aromatic heterocycles. The fourth-order valence-electron chi connectivity index (χ4n) is 4.40. The second kappa shape index (κ2) is 13.6. The van der Waals surface area contributed by atoms with Crippen molar-refractivity contribution in [2.45, 2.75) is 45.2 Å². The highest BCUT2D eigenvalue weighted by molar-refractivity contribution is 7.99. The fraction of sp³-hybridized carbons (Fsp3) is 0.312. The van der Waals surface area contributed by atoms with E-state index in [0.717, 1.165) is 35.8 Å². The van der Waals surface area contributed by atoms with Gasteiger partial charge >= 0.3 is 0 Å². The molecule has 1 heterocycles. The van der Waals surface area contributed by atoms with E-state index < -0.39 is 0 Å². The first kappa shape index (κ1) is 30.6. The van der Waals surface area contributed by atoms with Crippen LogP contribution in [0.3, 0.4) is 0 Å². The summed E-state index contributed by atoms with van der Waals surface area (Å²) in [5.74, 6) is 1.27. The molecule has 0 saturated heterocycles. The molecule has 0 aliphatic rings. The van der Waals surface area contributed by atoms with Crippen molar-refractivity contribution in [2.75, 3.05) is 30.9 Å². The summed E-state index contributed by atoms with van der Waals surface area (Å²) >= 11 is 1.26. The van der Waals surface area contributed by atoms with E-state index in [0.29, 0.717) is 16.5 Å². The van der Waals surface area contributed by atoms with E-state index in [2.05, 4.69) is 72.4 Å². The minimum absolute atomic E-state index is 0.0343. The quantitative estimate of drug-likeness (QED) is 0.126. The van der Waals surface area contributed by atoms with Gasteiger partial charge in [-0.3, -0.25) is 9.36 Å². The molecule has 220 valence electrons. The van der Waals surface area contributed by atoms with Crippen molar-refractivity contribution in [1.29, 1.82) is 0 Å². The summed E-state index contributed by atoms with van der Waals surface area (Å²) in [6.45, 7) is 12.3. The number of anilines is 1. The number of methoxy groups -OCH3 is 1. The molecule has 0 unspecified atom stereocenters. The van der Waals surface area contributed by atoms with Gasteiger partial charge in [-0.1, -0.05) is 56.8 Å². The third kappa shape index (κ3) is 7.30. The third-order valence-corrected chi connectivity index (χ3v) is 7.77. The zero-order chi connectivity index (χ0) is 30.3. The van der Waals surface area contributed by atoms with Crippen LogP contribution in [0, 0.1) is 0 Å². The number of phenolic OH excluding ortho intramolecular Hbond substituents is 1. The SMILES string of the molecule is CCN(CC)c1ccc(/C=N/NC(=O)CSc2nnc(-c3ccc(C(C)(C)C)cc3)n2-c2ccc(OC)cc2)c(O)c1. The second-order valence-electron chi connectivity index (χ2n) is 10.7. The number of hydrogen-bond acceptors (Lipinski definition) is 8. The number of hydrogen-bond donors (Lipinski definition) is 2. The lowest BCUT2D eigenvalue weighted by atomic mass is 9.87. The summed E-state index contributed by atoms with van der Waals surface area (Å²) in [7, 11) is 1.63. The number of nitrogens with one attached hydrogen (secondary N) is 1. The lowest BCUT2D eigenvalue weighted by Gasteiger charge is -2.21. The zero-order valence-corrected chi connectivity index (χ0v) is 25.8. The van der Waals surface area contributed by atoms with Gasteiger partial charge in [0, 0.05) is 41.7 Å². The number of thioether (sulfide) groups is 1. The number of amides is 1. The summed E-state index contributed by atoms with van der Waals surface area (Å²) in [6.07, 6.45) is 1.43. The van der Waals surface area contributed by atoms with Crippen LogP contribution in [0.4, 0.5) is 5.69 Å². The molecule has 0 radical (unpaired) electrons. The van der Waals surface area contributed by atoms with Crippen LogP contribution in [-0.2, 0) is 10.2 Å². The maximum atomic E-state index is 12.7. The van der Waals surface area contributed by atoms with Crippen molar-refractivity contribution in [1.82, 2.24) is 20.2 Å². The Kier molecular flexibility index (Phi) is 9.90. The van der Waals surface area contributed by atoms with Gasteiger partial charge in [-0.2, -0.15) is 5.10 Å². The predicted molar refractivity (Wildman–Crippen MR) is 170 cm³/mol. The Morgan fingerprint density at radius 3 is 2.33 bits per heavy atom. The minimum Gasteiger partial charge on any atom is -0.507 e. The molecule has 0 fully saturated rings. The first-order valence-electron chi connectivity index (χ1n) is 13.9. The van der Waals surface area contributed by atoms with Crippen LogP contribution < -0.4 is 15.1 Å². The largest absolute Gasteiger partial charge is 0.507 e. The molecule has 3 aromatic carbocycles. The second-order valence-corrected chi connectivity index (χ2v) is 11.6. The monoisotopic (exact) mass is 586 g/mol. The molecule has 4 rings (SSSR count). The Balaban J connectivity index is 1.50. The summed E-state index contributed by atoms with van der Waals surface area (Å²) in [6, 6.07) is 21.3. The van der Waals surface area contributed by atoms with E-state index in [1.165, 1.54) is 23.5 Å². The third-order valence-electron chi connectivity index (χ3n) is 6.84. The number of rotatable bonds is 11. The Morgan fingerprint density at radius 1 is 1.05 bits per heavy atom. The van der Waals surface area contributed by atoms with E-state index in [1.807, 2.05) is 47.0 Å². The molecule has 0 atom stereocenters. The van der Waals surface area contributed by atoms with E-state index in [-0.39, 0.29) is 22.8 Å². The van der Waals surface area contributed by atoms with Gasteiger partial charge in [-0.15, -0.1) is 10.2 Å². The van der Waals surface area contributed by atoms with Crippen LogP contribution in [0.25, 0.3) is 17.1 Å². The maximum Gasteiger partial charge on any atom is 0.250 e. The van der Waals surface area contributed by atoms with E-state index in [4.69, 9.17) is 4.74 Å². The zero-order valence-electron chi connectivity index (χ0n) is 25.0. The van der Waals surface area contributed by atoms with E-state index >= 15 is 0 Å². The number of carbonyl (C=O) groups is 1. The van der Waals surface area contributed by atoms with Gasteiger partial charge in [0.15, 0.2) is 11.0 Å². The topological polar surface area (TPSA) is 105 Å². The molecule has 9 nitrogen and oxygen atoms in total. The van der Waals surface area contributed by atoms with Gasteiger partial charge in [0.25, 0.3) is 5.91 Å². The maximum absolute atomic E-state index is 12.7. The molecule has 0 spiro atoms. The lowest BCUT2D eigenvalue weighted by molar-refractivity contribution is -0.118. The highest BCUT2D eigenvalue weighted by Crippen LogP contribution is 2.31. The van der Waals surface area contributed by atoms with Crippen LogP contribution in [0.1, 0.15) is 45.7 Å². The minimum atomic E-state index is -0.309. The molecule has 0 aliphatic heterocycles. The van der Waals surface area contributed by atoms with Gasteiger partial charge in [-0.25, -0.2) is 5.43 Å². The molecule has 10 heteroatoms. The highest BCUT2D eigenvalue weighted by Gasteiger charge is 2.19. The molecule has 42 heavy (non-hydrogen) atoms. The van der Waals surface area contributed by atoms with Crippen LogP contribution in [0.15, 0.2) is 77.0 Å². The van der Waals surface area contributed by atoms with Gasteiger partial charge < -0.3 is 14.7 Å². The van der Waals surface area contributed by atoms with Crippen LogP contribution >= 0.6 is 11.8 Å². The van der Waals surface area contributed by atoms with Crippen LogP contribution in [0.5, 0.6) is 11.5 Å². The normalized spacial score (nSPS) is 11.6. The molecular formula is C32H38N6O3S. The average molecular weight is 587 g/mol. The molecule has 0 bridgehead atoms. The molecule has 0 aliphatic carbocycles. The number of hydrazone groups is 1. The number of benzene rings is 3. The fourth-order valence-corrected chi connectivity index (χ4v) is 5.14. The number of aromatic nitrogens is 3. The number of ether oxygens (including phenoxy) is 1. The van der Waals surface area contributed by atoms with Gasteiger partial charge in [0.2, 0.25) is 0 Å². The Hall–Kier alpha value is -4.31. The summed E-state index contributed by atoms with van der Waals surface area (Å²) < 4.78 is 7.26. The van der Waals surface area contributed by atoms with Gasteiger partial charge in [-0.05, 0) is 61.2 Å². The summed E-state index contributed by atoms with van der Waals surface area (Å²) in [4.78, 5) is 14.8. The number of phenols is 1. The van der Waals surface area contributed by atoms with Crippen molar-refractivity contribution < 1.29 is 14.6 Å². The van der Waals surface area contributed by atoms with Crippen LogP contribution in [0.2, 0.25) is 0 Å². The lowest BCUT2D eigenvalue weighted by Crippen LogP contribution is -2.21. The highest BCUT2D eigenvalue weighted by atomic mass is 32.2. The molecule has 4 aromatic rings. The Morgan fingerprint density at radius 2 is 1.74 bits per heavy atom. The number of carbonyl (C=O) groups excluding carboxylic acids is 1. The van der Waals surface area contributed by atoms with E-state index in [1.54, 1.807) is 19.2 Å². The molecule has 1 amide bonds. The van der Waals surface area contributed by atoms with Crippen molar-refractivity contribution in [3.05, 3.63) is 77.9 Å². The standard InChI is InChI=1S/C32H38N6O3S/c1-7-37(8-2)26-14-11-23(28(39)19-26)20-33-34-29(40)21-42-31-36-35-30(22-9-12-24(13-10-22)32(3,4)5)38(31)25-15-17-27(41-6)18-16-25/h9-20,39H,7-8,21H2,1-6H3,(H,34,40)/b33-20+. The smallest absolute Gasteiger partial charge is 0.250 e. The van der Waals surface area contributed by atoms with Crippen molar-refractivity contribution in [3.63, 3.8) is 0 Å². The molecular weight excluding hydrogens is 548 g/mol. The first-order valence-corrected chi connectivity index (χ1v) is 14.9. The predicted octanol–water partition coefficient (Wildman–Crippen LogP) is 6.03. The van der Waals surface area contributed by atoms with Gasteiger partial charge in [0.1, 0.15) is 11.5 Å². The van der Waals surface area contributed by atoms with E-state index in [9.17, 15) is 9.90 Å². The van der Waals surface area contributed by atoms with Crippen molar-refractivity contribution in [3.8, 4) is 28.6 Å². The Bertz CT molecular complexity index is 1520. The number of aromatic hydroxyl groups is 1. The molecule has 2 N–H and O–H groups in total. The van der Waals surface area contributed by atoms with Crippen molar-refractivity contribution in [2.24, 2.45) is 5.10 Å². The summed E-state index contributed by atoms with van der Waals surface area (Å²) in [5, 5.41) is 23.9. The van der Waals surface area contributed by atoms with Crippen molar-refractivity contribution >= 4 is 29.6 Å². The van der Waals surface area contributed by atoms with Crippen LogP contribution in [-0.4, -0.2) is 57.9 Å². The number of nitrogens with zero attached hydrogens (tertiary/aromatic N) is 5. The molecule has 0 saturated carbocycles. The average Bonchev–Trinajstić information content (AvgIpc) is 3.41. The Labute approximate surface area is 251 Å². The first-order chi connectivity index (χ1) is 20.1.